The molecule has 4 N–H and O–H groups in total. The van der Waals surface area contributed by atoms with Gasteiger partial charge in [-0.2, -0.15) is 0 Å². The average Bonchev–Trinajstić information content (AvgIpc) is 2.82. The summed E-state index contributed by atoms with van der Waals surface area (Å²) in [5.74, 6) is 1.64. The Morgan fingerprint density at radius 1 is 0.857 bits per heavy atom. The lowest BCUT2D eigenvalue weighted by Crippen LogP contribution is -2.53. The normalized spacial score (nSPS) is 13.1. The number of urea groups is 2. The number of hydrogen-bond donors (Lipinski definition) is 4. The van der Waals surface area contributed by atoms with E-state index in [1.807, 2.05) is 20.8 Å². The average molecular weight is 587 g/mol. The molecule has 0 aliphatic heterocycles. The molecule has 0 heterocycles. The standard InChI is InChI=1S/C32H50N4O6/c1-11-22-15-14-16-23(21-22)34-28(39)33-20-13-12-17-24(27(38)42-32(8,9)10)35-29(40)36-25(30(2,3)4)18-19-26(37)41-31(5,6)7/h1,14-16,21,24-25H,12-13,17-20H2,2-10H3,(H2,33,34,39)(H2,35,36,40)/t24-,25-/m0/s1. The Hall–Kier alpha value is -3.74. The Bertz CT molecular complexity index is 1110. The Balaban J connectivity index is 2.71. The summed E-state index contributed by atoms with van der Waals surface area (Å²) in [4.78, 5) is 50.4. The second kappa shape index (κ2) is 16.0. The van der Waals surface area contributed by atoms with Gasteiger partial charge in [-0.15, -0.1) is 6.42 Å². The molecule has 0 bridgehead atoms. The van der Waals surface area contributed by atoms with Gasteiger partial charge in [0.2, 0.25) is 0 Å². The molecule has 0 unspecified atom stereocenters. The Kier molecular flexibility index (Phi) is 13.9. The van der Waals surface area contributed by atoms with E-state index < -0.39 is 29.2 Å². The molecule has 2 atom stereocenters. The first-order valence-electron chi connectivity index (χ1n) is 14.4. The monoisotopic (exact) mass is 586 g/mol. The van der Waals surface area contributed by atoms with Crippen LogP contribution in [0.3, 0.4) is 0 Å². The predicted octanol–water partition coefficient (Wildman–Crippen LogP) is 5.51. The lowest BCUT2D eigenvalue weighted by Gasteiger charge is -2.32. The first-order chi connectivity index (χ1) is 19.3. The molecule has 0 radical (unpaired) electrons. The number of nitrogens with one attached hydrogen (secondary N) is 4. The molecule has 1 rings (SSSR count). The zero-order valence-electron chi connectivity index (χ0n) is 26.7. The summed E-state index contributed by atoms with van der Waals surface area (Å²) in [6.07, 6.45) is 7.35. The molecule has 1 aromatic carbocycles. The van der Waals surface area contributed by atoms with Crippen molar-refractivity contribution >= 4 is 29.7 Å². The predicted molar refractivity (Wildman–Crippen MR) is 165 cm³/mol. The molecule has 1 aromatic rings. The van der Waals surface area contributed by atoms with Crippen LogP contribution in [0, 0.1) is 17.8 Å². The van der Waals surface area contributed by atoms with Crippen LogP contribution >= 0.6 is 0 Å². The molecule has 0 aliphatic carbocycles. The van der Waals surface area contributed by atoms with E-state index >= 15 is 0 Å². The molecule has 42 heavy (non-hydrogen) atoms. The minimum absolute atomic E-state index is 0.144. The van der Waals surface area contributed by atoms with Crippen molar-refractivity contribution < 1.29 is 28.7 Å². The molecule has 0 saturated heterocycles. The largest absolute Gasteiger partial charge is 0.460 e. The van der Waals surface area contributed by atoms with Crippen molar-refractivity contribution in [2.45, 2.75) is 118 Å². The zero-order valence-corrected chi connectivity index (χ0v) is 26.7. The van der Waals surface area contributed by atoms with E-state index in [-0.39, 0.29) is 29.9 Å². The molecule has 0 spiro atoms. The van der Waals surface area contributed by atoms with Gasteiger partial charge in [0.1, 0.15) is 17.2 Å². The summed E-state index contributed by atoms with van der Waals surface area (Å²) >= 11 is 0. The fraction of sp³-hybridized carbons (Fsp3) is 0.625. The van der Waals surface area contributed by atoms with Crippen LogP contribution in [0.5, 0.6) is 0 Å². The quantitative estimate of drug-likeness (QED) is 0.145. The molecule has 0 fully saturated rings. The first-order valence-corrected chi connectivity index (χ1v) is 14.4. The molecule has 10 nitrogen and oxygen atoms in total. The second-order valence-corrected chi connectivity index (χ2v) is 13.3. The van der Waals surface area contributed by atoms with Crippen molar-refractivity contribution in [1.29, 1.82) is 0 Å². The Morgan fingerprint density at radius 2 is 1.50 bits per heavy atom. The third-order valence-electron chi connectivity index (χ3n) is 5.90. The molecule has 0 saturated carbocycles. The van der Waals surface area contributed by atoms with E-state index in [0.29, 0.717) is 43.5 Å². The summed E-state index contributed by atoms with van der Waals surface area (Å²) in [5.41, 5.74) is -0.426. The van der Waals surface area contributed by atoms with Crippen LogP contribution in [0.15, 0.2) is 24.3 Å². The number of esters is 2. The number of amides is 4. The van der Waals surface area contributed by atoms with Crippen LogP contribution in [0.4, 0.5) is 15.3 Å². The van der Waals surface area contributed by atoms with Crippen molar-refractivity contribution in [3.05, 3.63) is 29.8 Å². The molecule has 0 aromatic heterocycles. The van der Waals surface area contributed by atoms with Gasteiger partial charge in [-0.05, 0) is 90.8 Å². The van der Waals surface area contributed by atoms with Crippen molar-refractivity contribution in [1.82, 2.24) is 16.0 Å². The van der Waals surface area contributed by atoms with Crippen molar-refractivity contribution in [3.63, 3.8) is 0 Å². The fourth-order valence-electron chi connectivity index (χ4n) is 3.89. The topological polar surface area (TPSA) is 135 Å². The second-order valence-electron chi connectivity index (χ2n) is 13.3. The van der Waals surface area contributed by atoms with Gasteiger partial charge >= 0.3 is 24.0 Å². The van der Waals surface area contributed by atoms with E-state index in [2.05, 4.69) is 27.2 Å². The molecule has 10 heteroatoms. The fourth-order valence-corrected chi connectivity index (χ4v) is 3.89. The van der Waals surface area contributed by atoms with Crippen LogP contribution in [0.25, 0.3) is 0 Å². The van der Waals surface area contributed by atoms with Gasteiger partial charge in [-0.1, -0.05) is 32.8 Å². The van der Waals surface area contributed by atoms with Crippen molar-refractivity contribution in [3.8, 4) is 12.3 Å². The maximum atomic E-state index is 13.0. The number of benzene rings is 1. The summed E-state index contributed by atoms with van der Waals surface area (Å²) in [7, 11) is 0. The molecular formula is C32H50N4O6. The highest BCUT2D eigenvalue weighted by Gasteiger charge is 2.31. The number of carbonyl (C=O) groups excluding carboxylic acids is 4. The van der Waals surface area contributed by atoms with Crippen LogP contribution < -0.4 is 21.3 Å². The van der Waals surface area contributed by atoms with E-state index in [0.717, 1.165) is 0 Å². The van der Waals surface area contributed by atoms with Crippen LogP contribution in [0.1, 0.15) is 100.0 Å². The van der Waals surface area contributed by atoms with Crippen molar-refractivity contribution in [2.24, 2.45) is 5.41 Å². The smallest absolute Gasteiger partial charge is 0.329 e. The summed E-state index contributed by atoms with van der Waals surface area (Å²) in [6, 6.07) is 4.82. The number of terminal acetylenes is 1. The van der Waals surface area contributed by atoms with E-state index in [1.54, 1.807) is 65.8 Å². The minimum Gasteiger partial charge on any atom is -0.460 e. The SMILES string of the molecule is C#Cc1cccc(NC(=O)NCCCC[C@H](NC(=O)N[C@@H](CCC(=O)OC(C)(C)C)C(C)(C)C)C(=O)OC(C)(C)C)c1. The number of carbonyl (C=O) groups is 4. The number of hydrogen-bond acceptors (Lipinski definition) is 6. The van der Waals surface area contributed by atoms with E-state index in [9.17, 15) is 19.2 Å². The number of ether oxygens (including phenoxy) is 2. The molecule has 4 amide bonds. The highest BCUT2D eigenvalue weighted by molar-refractivity contribution is 5.89. The van der Waals surface area contributed by atoms with Crippen LogP contribution in [-0.2, 0) is 19.1 Å². The maximum Gasteiger partial charge on any atom is 0.329 e. The Labute approximate surface area is 251 Å². The third kappa shape index (κ3) is 15.9. The molecule has 0 aliphatic rings. The zero-order chi connectivity index (χ0) is 32.1. The number of anilines is 1. The van der Waals surface area contributed by atoms with Gasteiger partial charge < -0.3 is 30.7 Å². The molecule has 234 valence electrons. The lowest BCUT2D eigenvalue weighted by molar-refractivity contribution is -0.157. The lowest BCUT2D eigenvalue weighted by atomic mass is 9.84. The Morgan fingerprint density at radius 3 is 2.07 bits per heavy atom. The molecular weight excluding hydrogens is 536 g/mol. The summed E-state index contributed by atoms with van der Waals surface area (Å²) in [6.45, 7) is 17.0. The van der Waals surface area contributed by atoms with Gasteiger partial charge in [0.15, 0.2) is 0 Å². The highest BCUT2D eigenvalue weighted by atomic mass is 16.6. The highest BCUT2D eigenvalue weighted by Crippen LogP contribution is 2.24. The van der Waals surface area contributed by atoms with E-state index in [4.69, 9.17) is 15.9 Å². The van der Waals surface area contributed by atoms with Crippen LogP contribution in [-0.4, -0.2) is 53.8 Å². The third-order valence-corrected chi connectivity index (χ3v) is 5.90. The van der Waals surface area contributed by atoms with Gasteiger partial charge in [-0.3, -0.25) is 4.79 Å². The number of rotatable bonds is 12. The van der Waals surface area contributed by atoms with E-state index in [1.165, 1.54) is 0 Å². The minimum atomic E-state index is -0.893. The van der Waals surface area contributed by atoms with Gasteiger partial charge in [0, 0.05) is 30.3 Å². The number of unbranched alkanes of at least 4 members (excludes halogenated alkanes) is 1. The van der Waals surface area contributed by atoms with Gasteiger partial charge in [-0.25, -0.2) is 14.4 Å². The van der Waals surface area contributed by atoms with Gasteiger partial charge in [0.25, 0.3) is 0 Å². The maximum absolute atomic E-state index is 13.0. The summed E-state index contributed by atoms with van der Waals surface area (Å²) in [5, 5.41) is 11.2. The summed E-state index contributed by atoms with van der Waals surface area (Å²) < 4.78 is 10.9. The van der Waals surface area contributed by atoms with Crippen LogP contribution in [0.2, 0.25) is 0 Å². The van der Waals surface area contributed by atoms with Gasteiger partial charge in [0.05, 0.1) is 0 Å². The van der Waals surface area contributed by atoms with Crippen molar-refractivity contribution in [2.75, 3.05) is 11.9 Å². The first kappa shape index (κ1) is 36.3.